The van der Waals surface area contributed by atoms with Gasteiger partial charge in [0.2, 0.25) is 10.9 Å². The number of anilines is 1. The fourth-order valence-corrected chi connectivity index (χ4v) is 3.03. The van der Waals surface area contributed by atoms with Crippen LogP contribution in [0.2, 0.25) is 5.02 Å². The molecule has 0 aliphatic carbocycles. The Morgan fingerprint density at radius 3 is 3.04 bits per heavy atom. The Hall–Kier alpha value is -2.19. The summed E-state index contributed by atoms with van der Waals surface area (Å²) in [6.07, 6.45) is 2.39. The summed E-state index contributed by atoms with van der Waals surface area (Å²) in [5, 5.41) is 16.2. The number of hydrogen-bond acceptors (Lipinski definition) is 6. The van der Waals surface area contributed by atoms with Crippen molar-refractivity contribution in [3.8, 4) is 5.75 Å². The molecule has 3 rings (SSSR count). The van der Waals surface area contributed by atoms with E-state index < -0.39 is 0 Å². The first-order chi connectivity index (χ1) is 11.1. The molecule has 1 aromatic carbocycles. The lowest BCUT2D eigenvalue weighted by Crippen LogP contribution is -2.13. The first-order valence-corrected chi connectivity index (χ1v) is 8.06. The van der Waals surface area contributed by atoms with Crippen molar-refractivity contribution in [2.45, 2.75) is 19.8 Å². The molecule has 120 valence electrons. The van der Waals surface area contributed by atoms with Gasteiger partial charge >= 0.3 is 0 Å². The third-order valence-electron chi connectivity index (χ3n) is 3.25. The summed E-state index contributed by atoms with van der Waals surface area (Å²) in [6, 6.07) is 3.48. The number of carbonyl (C=O) groups excluding carboxylic acids is 1. The molecule has 7 nitrogen and oxygen atoms in total. The zero-order valence-corrected chi connectivity index (χ0v) is 14.1. The van der Waals surface area contributed by atoms with Crippen LogP contribution in [0.3, 0.4) is 0 Å². The fourth-order valence-electron chi connectivity index (χ4n) is 2.07. The highest BCUT2D eigenvalue weighted by Crippen LogP contribution is 2.31. The van der Waals surface area contributed by atoms with Gasteiger partial charge in [0.25, 0.3) is 0 Å². The molecule has 1 amide bonds. The van der Waals surface area contributed by atoms with Gasteiger partial charge in [-0.05, 0) is 18.6 Å². The molecule has 0 saturated carbocycles. The second kappa shape index (κ2) is 6.51. The number of fused-ring (bicyclic) bond motifs is 1. The monoisotopic (exact) mass is 351 g/mol. The number of ether oxygens (including phenoxy) is 1. The molecule has 0 unspecified atom stereocenters. The summed E-state index contributed by atoms with van der Waals surface area (Å²) in [4.78, 5) is 12.9. The van der Waals surface area contributed by atoms with Crippen molar-refractivity contribution in [3.05, 3.63) is 34.1 Å². The number of amides is 1. The third kappa shape index (κ3) is 3.43. The maximum atomic E-state index is 12.1. The predicted octanol–water partition coefficient (Wildman–Crippen LogP) is 2.73. The van der Waals surface area contributed by atoms with E-state index >= 15 is 0 Å². The van der Waals surface area contributed by atoms with Crippen molar-refractivity contribution in [1.82, 2.24) is 19.8 Å². The average molecular weight is 352 g/mol. The standard InChI is InChI=1S/C14H14ClN5O2S/c1-8-5-10(11(22-2)6-9(8)15)17-12(21)3-4-13-19-20-7-16-18-14(20)23-13/h5-7H,3-4H2,1-2H3,(H,17,21). The molecule has 0 spiro atoms. The molecule has 0 aliphatic heterocycles. The number of aryl methyl sites for hydroxylation is 2. The van der Waals surface area contributed by atoms with Crippen molar-refractivity contribution in [2.24, 2.45) is 0 Å². The number of hydrogen-bond donors (Lipinski definition) is 1. The number of carbonyl (C=O) groups is 1. The number of aromatic nitrogens is 4. The molecular weight excluding hydrogens is 338 g/mol. The van der Waals surface area contributed by atoms with Crippen LogP contribution in [0, 0.1) is 6.92 Å². The van der Waals surface area contributed by atoms with Crippen molar-refractivity contribution >= 4 is 39.5 Å². The van der Waals surface area contributed by atoms with Crippen LogP contribution in [0.4, 0.5) is 5.69 Å². The number of nitrogens with one attached hydrogen (secondary N) is 1. The molecule has 1 N–H and O–H groups in total. The van der Waals surface area contributed by atoms with Gasteiger partial charge in [0, 0.05) is 23.9 Å². The Kier molecular flexibility index (Phi) is 4.44. The number of halogens is 1. The molecule has 3 aromatic rings. The molecule has 0 aliphatic rings. The Bertz CT molecular complexity index is 832. The first kappa shape index (κ1) is 15.7. The Labute approximate surface area is 141 Å². The minimum Gasteiger partial charge on any atom is -0.495 e. The Morgan fingerprint density at radius 2 is 2.30 bits per heavy atom. The lowest BCUT2D eigenvalue weighted by Gasteiger charge is -2.12. The molecule has 0 radical (unpaired) electrons. The van der Waals surface area contributed by atoms with Crippen LogP contribution in [-0.2, 0) is 11.2 Å². The maximum Gasteiger partial charge on any atom is 0.234 e. The topological polar surface area (TPSA) is 81.4 Å². The van der Waals surface area contributed by atoms with E-state index in [2.05, 4.69) is 20.6 Å². The summed E-state index contributed by atoms with van der Waals surface area (Å²) in [5.74, 6) is 0.420. The summed E-state index contributed by atoms with van der Waals surface area (Å²) in [5.41, 5.74) is 1.48. The second-order valence-corrected chi connectivity index (χ2v) is 6.35. The highest BCUT2D eigenvalue weighted by atomic mass is 35.5. The summed E-state index contributed by atoms with van der Waals surface area (Å²) in [7, 11) is 1.54. The maximum absolute atomic E-state index is 12.1. The average Bonchev–Trinajstić information content (AvgIpc) is 3.09. The van der Waals surface area contributed by atoms with Crippen LogP contribution in [0.25, 0.3) is 4.96 Å². The van der Waals surface area contributed by atoms with Gasteiger partial charge in [-0.15, -0.1) is 10.2 Å². The highest BCUT2D eigenvalue weighted by molar-refractivity contribution is 7.16. The third-order valence-corrected chi connectivity index (χ3v) is 4.63. The lowest BCUT2D eigenvalue weighted by molar-refractivity contribution is -0.116. The number of nitrogens with zero attached hydrogens (tertiary/aromatic N) is 4. The first-order valence-electron chi connectivity index (χ1n) is 6.86. The molecule has 0 atom stereocenters. The molecule has 0 saturated heterocycles. The van der Waals surface area contributed by atoms with Crippen molar-refractivity contribution in [1.29, 1.82) is 0 Å². The predicted molar refractivity (Wildman–Crippen MR) is 88.4 cm³/mol. The molecular formula is C14H14ClN5O2S. The largest absolute Gasteiger partial charge is 0.495 e. The van der Waals surface area contributed by atoms with Crippen LogP contribution in [0.5, 0.6) is 5.75 Å². The van der Waals surface area contributed by atoms with Gasteiger partial charge in [-0.2, -0.15) is 9.61 Å². The lowest BCUT2D eigenvalue weighted by atomic mass is 10.2. The van der Waals surface area contributed by atoms with E-state index in [1.165, 1.54) is 24.8 Å². The van der Waals surface area contributed by atoms with E-state index in [0.29, 0.717) is 29.3 Å². The Balaban J connectivity index is 1.65. The molecule has 23 heavy (non-hydrogen) atoms. The van der Waals surface area contributed by atoms with Crippen LogP contribution in [0.15, 0.2) is 18.5 Å². The zero-order valence-electron chi connectivity index (χ0n) is 12.5. The van der Waals surface area contributed by atoms with Crippen molar-refractivity contribution in [2.75, 3.05) is 12.4 Å². The number of benzene rings is 1. The van der Waals surface area contributed by atoms with E-state index in [1.54, 1.807) is 16.6 Å². The normalized spacial score (nSPS) is 10.9. The SMILES string of the molecule is COc1cc(Cl)c(C)cc1NC(=O)CCc1nn2cnnc2s1. The molecule has 0 fully saturated rings. The van der Waals surface area contributed by atoms with Crippen LogP contribution < -0.4 is 10.1 Å². The minimum absolute atomic E-state index is 0.115. The second-order valence-electron chi connectivity index (χ2n) is 4.90. The smallest absolute Gasteiger partial charge is 0.234 e. The number of rotatable bonds is 5. The van der Waals surface area contributed by atoms with Crippen molar-refractivity contribution in [3.63, 3.8) is 0 Å². The van der Waals surface area contributed by atoms with E-state index in [9.17, 15) is 4.79 Å². The van der Waals surface area contributed by atoms with Gasteiger partial charge in [-0.1, -0.05) is 22.9 Å². The van der Waals surface area contributed by atoms with Gasteiger partial charge in [0.1, 0.15) is 17.1 Å². The van der Waals surface area contributed by atoms with Crippen molar-refractivity contribution < 1.29 is 9.53 Å². The minimum atomic E-state index is -0.115. The molecule has 2 heterocycles. The van der Waals surface area contributed by atoms with Gasteiger partial charge in [0.05, 0.1) is 12.8 Å². The number of methoxy groups -OCH3 is 1. The summed E-state index contributed by atoms with van der Waals surface area (Å²) in [6.45, 7) is 1.87. The fraction of sp³-hybridized carbons (Fsp3) is 0.286. The van der Waals surface area contributed by atoms with E-state index in [0.717, 1.165) is 15.5 Å². The van der Waals surface area contributed by atoms with Gasteiger partial charge in [-0.3, -0.25) is 4.79 Å². The van der Waals surface area contributed by atoms with E-state index in [1.807, 2.05) is 6.92 Å². The van der Waals surface area contributed by atoms with Gasteiger partial charge in [0.15, 0.2) is 0 Å². The quantitative estimate of drug-likeness (QED) is 0.764. The molecule has 0 bridgehead atoms. The van der Waals surface area contributed by atoms with Crippen LogP contribution >= 0.6 is 22.9 Å². The van der Waals surface area contributed by atoms with Crippen LogP contribution in [0.1, 0.15) is 17.0 Å². The van der Waals surface area contributed by atoms with E-state index in [-0.39, 0.29) is 5.91 Å². The van der Waals surface area contributed by atoms with Crippen LogP contribution in [-0.4, -0.2) is 32.8 Å². The zero-order chi connectivity index (χ0) is 16.4. The molecule has 2 aromatic heterocycles. The Morgan fingerprint density at radius 1 is 1.48 bits per heavy atom. The highest BCUT2D eigenvalue weighted by Gasteiger charge is 2.12. The van der Waals surface area contributed by atoms with Gasteiger partial charge < -0.3 is 10.1 Å². The van der Waals surface area contributed by atoms with E-state index in [4.69, 9.17) is 16.3 Å². The summed E-state index contributed by atoms with van der Waals surface area (Å²) < 4.78 is 6.85. The molecule has 9 heteroatoms. The summed E-state index contributed by atoms with van der Waals surface area (Å²) >= 11 is 7.48. The van der Waals surface area contributed by atoms with Gasteiger partial charge in [-0.25, -0.2) is 0 Å².